The summed E-state index contributed by atoms with van der Waals surface area (Å²) in [5, 5.41) is 23.7. The zero-order valence-corrected chi connectivity index (χ0v) is 8.64. The molecule has 0 amide bonds. The monoisotopic (exact) mass is 206 g/mol. The average molecular weight is 206 g/mol. The smallest absolute Gasteiger partial charge is 0.117 e. The van der Waals surface area contributed by atoms with Crippen LogP contribution >= 0.6 is 0 Å². The summed E-state index contributed by atoms with van der Waals surface area (Å²) in [6.07, 6.45) is 0.592. The van der Waals surface area contributed by atoms with Crippen LogP contribution in [0, 0.1) is 0 Å². The van der Waals surface area contributed by atoms with E-state index in [0.29, 0.717) is 6.42 Å². The lowest BCUT2D eigenvalue weighted by atomic mass is 10.1. The van der Waals surface area contributed by atoms with Crippen LogP contribution in [0.25, 0.3) is 10.9 Å². The van der Waals surface area contributed by atoms with Crippen LogP contribution in [-0.4, -0.2) is 26.6 Å². The first-order valence-electron chi connectivity index (χ1n) is 5.05. The number of rotatable bonds is 3. The van der Waals surface area contributed by atoms with Gasteiger partial charge in [-0.1, -0.05) is 0 Å². The third-order valence-electron chi connectivity index (χ3n) is 2.48. The highest BCUT2D eigenvalue weighted by Gasteiger charge is 2.09. The molecular formula is C11H14N2O2. The van der Waals surface area contributed by atoms with Crippen molar-refractivity contribution in [3.8, 4) is 5.75 Å². The normalized spacial score (nSPS) is 11.1. The molecule has 80 valence electrons. The summed E-state index contributed by atoms with van der Waals surface area (Å²) in [7, 11) is 0. The number of phenolic OH excluding ortho intramolecular Hbond substituents is 1. The Morgan fingerprint density at radius 1 is 1.40 bits per heavy atom. The number of aliphatic hydroxyl groups is 1. The maximum Gasteiger partial charge on any atom is 0.117 e. The summed E-state index contributed by atoms with van der Waals surface area (Å²) in [6.45, 7) is 2.89. The Kier molecular flexibility index (Phi) is 2.60. The number of aromatic nitrogens is 2. The molecule has 0 spiro atoms. The van der Waals surface area contributed by atoms with Gasteiger partial charge in [0.15, 0.2) is 0 Å². The molecule has 2 rings (SSSR count). The molecule has 0 saturated heterocycles. The van der Waals surface area contributed by atoms with E-state index in [1.807, 2.05) is 17.7 Å². The maximum absolute atomic E-state index is 9.33. The minimum absolute atomic E-state index is 0.113. The number of aromatic hydroxyl groups is 1. The zero-order chi connectivity index (χ0) is 10.8. The minimum Gasteiger partial charge on any atom is -0.508 e. The Morgan fingerprint density at radius 3 is 2.87 bits per heavy atom. The Hall–Kier alpha value is -1.55. The largest absolute Gasteiger partial charge is 0.508 e. The zero-order valence-electron chi connectivity index (χ0n) is 8.64. The van der Waals surface area contributed by atoms with Gasteiger partial charge in [0.25, 0.3) is 0 Å². The highest BCUT2D eigenvalue weighted by molar-refractivity contribution is 5.82. The number of phenols is 1. The van der Waals surface area contributed by atoms with E-state index in [-0.39, 0.29) is 12.4 Å². The molecule has 0 bridgehead atoms. The molecule has 4 nitrogen and oxygen atoms in total. The van der Waals surface area contributed by atoms with E-state index in [1.165, 1.54) is 0 Å². The SMILES string of the molecule is CCn1nc2cc(O)ccc2c1CCO. The van der Waals surface area contributed by atoms with Crippen molar-refractivity contribution >= 4 is 10.9 Å². The number of hydrogen-bond acceptors (Lipinski definition) is 3. The summed E-state index contributed by atoms with van der Waals surface area (Å²) in [4.78, 5) is 0. The number of fused-ring (bicyclic) bond motifs is 1. The molecule has 1 heterocycles. The van der Waals surface area contributed by atoms with Gasteiger partial charge in [0.05, 0.1) is 5.52 Å². The third kappa shape index (κ3) is 1.68. The molecule has 2 aromatic rings. The van der Waals surface area contributed by atoms with Crippen LogP contribution in [0.5, 0.6) is 5.75 Å². The van der Waals surface area contributed by atoms with Crippen LogP contribution in [0.4, 0.5) is 0 Å². The number of nitrogens with zero attached hydrogens (tertiary/aromatic N) is 2. The van der Waals surface area contributed by atoms with Gasteiger partial charge in [0.1, 0.15) is 5.75 Å². The summed E-state index contributed by atoms with van der Waals surface area (Å²) in [5.41, 5.74) is 1.80. The van der Waals surface area contributed by atoms with Crippen molar-refractivity contribution in [3.05, 3.63) is 23.9 Å². The fourth-order valence-electron chi connectivity index (χ4n) is 1.81. The molecule has 0 saturated carbocycles. The Balaban J connectivity index is 2.63. The van der Waals surface area contributed by atoms with Crippen molar-refractivity contribution in [2.45, 2.75) is 19.9 Å². The van der Waals surface area contributed by atoms with E-state index >= 15 is 0 Å². The van der Waals surface area contributed by atoms with Gasteiger partial charge < -0.3 is 10.2 Å². The van der Waals surface area contributed by atoms with Gasteiger partial charge >= 0.3 is 0 Å². The molecule has 15 heavy (non-hydrogen) atoms. The number of aliphatic hydroxyl groups excluding tert-OH is 1. The van der Waals surface area contributed by atoms with E-state index in [2.05, 4.69) is 5.10 Å². The molecule has 0 radical (unpaired) electrons. The van der Waals surface area contributed by atoms with Gasteiger partial charge in [-0.2, -0.15) is 5.10 Å². The Labute approximate surface area is 87.8 Å². The molecule has 2 N–H and O–H groups in total. The van der Waals surface area contributed by atoms with Crippen molar-refractivity contribution in [2.24, 2.45) is 0 Å². The Morgan fingerprint density at radius 2 is 2.20 bits per heavy atom. The third-order valence-corrected chi connectivity index (χ3v) is 2.48. The highest BCUT2D eigenvalue weighted by Crippen LogP contribution is 2.22. The fourth-order valence-corrected chi connectivity index (χ4v) is 1.81. The minimum atomic E-state index is 0.113. The first-order chi connectivity index (χ1) is 7.26. The molecule has 1 aromatic carbocycles. The van der Waals surface area contributed by atoms with Gasteiger partial charge in [-0.25, -0.2) is 0 Å². The van der Waals surface area contributed by atoms with Crippen LogP contribution < -0.4 is 0 Å². The van der Waals surface area contributed by atoms with E-state index in [1.54, 1.807) is 12.1 Å². The van der Waals surface area contributed by atoms with Gasteiger partial charge in [-0.15, -0.1) is 0 Å². The standard InChI is InChI=1S/C11H14N2O2/c1-2-13-11(5-6-14)9-4-3-8(15)7-10(9)12-13/h3-4,7,14-15H,2,5-6H2,1H3. The first kappa shape index (κ1) is 9.98. The molecule has 0 aliphatic carbocycles. The second-order valence-electron chi connectivity index (χ2n) is 3.44. The van der Waals surface area contributed by atoms with E-state index < -0.39 is 0 Å². The van der Waals surface area contributed by atoms with Crippen LogP contribution in [0.3, 0.4) is 0 Å². The van der Waals surface area contributed by atoms with Gasteiger partial charge in [0.2, 0.25) is 0 Å². The fraction of sp³-hybridized carbons (Fsp3) is 0.364. The second kappa shape index (κ2) is 3.90. The van der Waals surface area contributed by atoms with Crippen molar-refractivity contribution in [2.75, 3.05) is 6.61 Å². The molecule has 0 unspecified atom stereocenters. The van der Waals surface area contributed by atoms with Crippen molar-refractivity contribution in [1.82, 2.24) is 9.78 Å². The summed E-state index contributed by atoms with van der Waals surface area (Å²) >= 11 is 0. The van der Waals surface area contributed by atoms with Crippen LogP contribution in [0.15, 0.2) is 18.2 Å². The molecule has 4 heteroatoms. The topological polar surface area (TPSA) is 58.3 Å². The van der Waals surface area contributed by atoms with Gasteiger partial charge in [-0.3, -0.25) is 4.68 Å². The summed E-state index contributed by atoms with van der Waals surface area (Å²) < 4.78 is 1.86. The van der Waals surface area contributed by atoms with E-state index in [9.17, 15) is 5.11 Å². The van der Waals surface area contributed by atoms with E-state index in [4.69, 9.17) is 5.11 Å². The van der Waals surface area contributed by atoms with Crippen molar-refractivity contribution < 1.29 is 10.2 Å². The number of aryl methyl sites for hydroxylation is 1. The molecule has 0 atom stereocenters. The Bertz CT molecular complexity index is 477. The van der Waals surface area contributed by atoms with E-state index in [0.717, 1.165) is 23.1 Å². The number of hydrogen-bond donors (Lipinski definition) is 2. The second-order valence-corrected chi connectivity index (χ2v) is 3.44. The van der Waals surface area contributed by atoms with Crippen molar-refractivity contribution in [1.29, 1.82) is 0 Å². The van der Waals surface area contributed by atoms with Crippen molar-refractivity contribution in [3.63, 3.8) is 0 Å². The van der Waals surface area contributed by atoms with Gasteiger partial charge in [-0.05, 0) is 19.1 Å². The number of benzene rings is 1. The molecule has 1 aromatic heterocycles. The van der Waals surface area contributed by atoms with Crippen LogP contribution in [0.1, 0.15) is 12.6 Å². The average Bonchev–Trinajstić information content (AvgIpc) is 2.56. The first-order valence-corrected chi connectivity index (χ1v) is 5.05. The summed E-state index contributed by atoms with van der Waals surface area (Å²) in [5.74, 6) is 0.221. The lowest BCUT2D eigenvalue weighted by molar-refractivity contribution is 0.296. The summed E-state index contributed by atoms with van der Waals surface area (Å²) in [6, 6.07) is 5.13. The van der Waals surface area contributed by atoms with Crippen LogP contribution in [0.2, 0.25) is 0 Å². The molecule has 0 aliphatic heterocycles. The predicted molar refractivity (Wildman–Crippen MR) is 57.9 cm³/mol. The van der Waals surface area contributed by atoms with Gasteiger partial charge in [0, 0.05) is 36.7 Å². The molecule has 0 aliphatic rings. The molecular weight excluding hydrogens is 192 g/mol. The van der Waals surface area contributed by atoms with Crippen LogP contribution in [-0.2, 0) is 13.0 Å². The predicted octanol–water partition coefficient (Wildman–Crippen LogP) is 1.30. The maximum atomic E-state index is 9.33. The lowest BCUT2D eigenvalue weighted by Crippen LogP contribution is -2.04. The highest BCUT2D eigenvalue weighted by atomic mass is 16.3. The molecule has 0 fully saturated rings. The quantitative estimate of drug-likeness (QED) is 0.795. The lowest BCUT2D eigenvalue weighted by Gasteiger charge is -2.02.